The lowest BCUT2D eigenvalue weighted by Crippen LogP contribution is -2.56. The maximum atomic E-state index is 9.80. The highest BCUT2D eigenvalue weighted by atomic mass is 16.5. The van der Waals surface area contributed by atoms with Gasteiger partial charge in [0.15, 0.2) is 0 Å². The molecule has 0 aromatic rings. The van der Waals surface area contributed by atoms with E-state index >= 15 is 0 Å². The number of nitrogens with zero attached hydrogens (tertiary/aromatic N) is 1. The number of methoxy groups -OCH3 is 1. The van der Waals surface area contributed by atoms with Crippen molar-refractivity contribution >= 4 is 0 Å². The summed E-state index contributed by atoms with van der Waals surface area (Å²) in [6, 6.07) is 0.651. The van der Waals surface area contributed by atoms with E-state index in [0.717, 1.165) is 31.9 Å². The van der Waals surface area contributed by atoms with Gasteiger partial charge in [-0.25, -0.2) is 0 Å². The van der Waals surface area contributed by atoms with Gasteiger partial charge >= 0.3 is 0 Å². The summed E-state index contributed by atoms with van der Waals surface area (Å²) in [6.45, 7) is 6.67. The Morgan fingerprint density at radius 3 is 2.65 bits per heavy atom. The molecule has 0 bridgehead atoms. The zero-order valence-electron chi connectivity index (χ0n) is 13.2. The monoisotopic (exact) mass is 284 g/mol. The molecule has 0 aromatic carbocycles. The topological polar surface area (TPSA) is 44.7 Å². The second-order valence-electron chi connectivity index (χ2n) is 6.65. The van der Waals surface area contributed by atoms with E-state index in [2.05, 4.69) is 17.1 Å². The molecule has 1 aliphatic heterocycles. The molecule has 2 rings (SSSR count). The Hall–Kier alpha value is -0.160. The van der Waals surface area contributed by atoms with Crippen LogP contribution < -0.4 is 5.32 Å². The lowest BCUT2D eigenvalue weighted by molar-refractivity contribution is 0.0317. The first-order valence-corrected chi connectivity index (χ1v) is 8.32. The average molecular weight is 284 g/mol. The van der Waals surface area contributed by atoms with Gasteiger partial charge in [-0.1, -0.05) is 6.92 Å². The summed E-state index contributed by atoms with van der Waals surface area (Å²) in [6.07, 6.45) is 7.27. The predicted molar refractivity (Wildman–Crippen MR) is 81.9 cm³/mol. The van der Waals surface area contributed by atoms with Gasteiger partial charge in [0.25, 0.3) is 0 Å². The molecule has 2 unspecified atom stereocenters. The van der Waals surface area contributed by atoms with E-state index in [4.69, 9.17) is 4.74 Å². The highest BCUT2D eigenvalue weighted by Gasteiger charge is 2.38. The maximum absolute atomic E-state index is 9.80. The molecule has 0 amide bonds. The summed E-state index contributed by atoms with van der Waals surface area (Å²) in [7, 11) is 1.81. The highest BCUT2D eigenvalue weighted by molar-refractivity contribution is 4.96. The zero-order valence-corrected chi connectivity index (χ0v) is 13.2. The van der Waals surface area contributed by atoms with Crippen LogP contribution in [-0.4, -0.2) is 61.5 Å². The Morgan fingerprint density at radius 1 is 1.30 bits per heavy atom. The second-order valence-corrected chi connectivity index (χ2v) is 6.65. The largest absolute Gasteiger partial charge is 0.394 e. The number of hydrogen-bond donors (Lipinski definition) is 2. The van der Waals surface area contributed by atoms with Crippen molar-refractivity contribution in [2.24, 2.45) is 5.92 Å². The van der Waals surface area contributed by atoms with E-state index in [-0.39, 0.29) is 12.1 Å². The van der Waals surface area contributed by atoms with Crippen LogP contribution in [-0.2, 0) is 4.74 Å². The van der Waals surface area contributed by atoms with Gasteiger partial charge in [0.1, 0.15) is 0 Å². The fourth-order valence-corrected chi connectivity index (χ4v) is 4.10. The standard InChI is InChI=1S/C16H32N2O2/c1-3-17-16(13-19)8-4-5-15(11-16)18-9-6-14(7-10-18)12-20-2/h14-15,17,19H,3-13H2,1-2H3. The number of likely N-dealkylation sites (N-methyl/N-ethyl adjacent to an activating group) is 1. The molecule has 2 aliphatic rings. The molecule has 1 aliphatic carbocycles. The summed E-state index contributed by atoms with van der Waals surface area (Å²) in [5.74, 6) is 0.746. The lowest BCUT2D eigenvalue weighted by Gasteiger charge is -2.46. The fraction of sp³-hybridized carbons (Fsp3) is 1.00. The van der Waals surface area contributed by atoms with Gasteiger partial charge in [0.2, 0.25) is 0 Å². The van der Waals surface area contributed by atoms with E-state index in [1.165, 1.54) is 38.8 Å². The minimum absolute atomic E-state index is 0.0267. The number of aliphatic hydroxyl groups excluding tert-OH is 1. The number of hydrogen-bond acceptors (Lipinski definition) is 4. The molecule has 2 atom stereocenters. The second kappa shape index (κ2) is 7.74. The maximum Gasteiger partial charge on any atom is 0.0613 e. The van der Waals surface area contributed by atoms with Gasteiger partial charge in [-0.3, -0.25) is 0 Å². The SMILES string of the molecule is CCNC1(CO)CCCC(N2CCC(COC)CC2)C1. The molecule has 118 valence electrons. The van der Waals surface area contributed by atoms with Crippen LogP contribution in [0, 0.1) is 5.92 Å². The average Bonchev–Trinajstić information content (AvgIpc) is 2.49. The fourth-order valence-electron chi connectivity index (χ4n) is 4.10. The molecule has 2 N–H and O–H groups in total. The van der Waals surface area contributed by atoms with Crippen LogP contribution in [0.5, 0.6) is 0 Å². The molecule has 1 heterocycles. The van der Waals surface area contributed by atoms with E-state index in [1.807, 2.05) is 0 Å². The Labute approximate surface area is 123 Å². The molecule has 1 saturated heterocycles. The van der Waals surface area contributed by atoms with Crippen LogP contribution in [0.15, 0.2) is 0 Å². The third kappa shape index (κ3) is 3.94. The van der Waals surface area contributed by atoms with Gasteiger partial charge in [0, 0.05) is 25.3 Å². The van der Waals surface area contributed by atoms with Gasteiger partial charge in [-0.05, 0) is 64.1 Å². The summed E-state index contributed by atoms with van der Waals surface area (Å²) in [5, 5.41) is 13.4. The van der Waals surface area contributed by atoms with Crippen LogP contribution in [0.2, 0.25) is 0 Å². The van der Waals surface area contributed by atoms with Crippen LogP contribution in [0.3, 0.4) is 0 Å². The van der Waals surface area contributed by atoms with Gasteiger partial charge < -0.3 is 20.1 Å². The van der Waals surface area contributed by atoms with Crippen molar-refractivity contribution in [3.8, 4) is 0 Å². The molecular formula is C16H32N2O2. The first-order valence-electron chi connectivity index (χ1n) is 8.32. The summed E-state index contributed by atoms with van der Waals surface area (Å²) < 4.78 is 5.28. The molecular weight excluding hydrogens is 252 g/mol. The van der Waals surface area contributed by atoms with Crippen LogP contribution >= 0.6 is 0 Å². The Kier molecular flexibility index (Phi) is 6.27. The van der Waals surface area contributed by atoms with E-state index in [9.17, 15) is 5.11 Å². The van der Waals surface area contributed by atoms with E-state index < -0.39 is 0 Å². The minimum atomic E-state index is -0.0267. The number of nitrogens with one attached hydrogen (secondary N) is 1. The van der Waals surface area contributed by atoms with Crippen LogP contribution in [0.4, 0.5) is 0 Å². The van der Waals surface area contributed by atoms with Crippen molar-refractivity contribution in [1.29, 1.82) is 0 Å². The molecule has 4 nitrogen and oxygen atoms in total. The number of aliphatic hydroxyl groups is 1. The molecule has 0 spiro atoms. The van der Waals surface area contributed by atoms with Crippen molar-refractivity contribution in [3.05, 3.63) is 0 Å². The van der Waals surface area contributed by atoms with Crippen LogP contribution in [0.1, 0.15) is 45.4 Å². The summed E-state index contributed by atoms with van der Waals surface area (Å²) in [4.78, 5) is 2.66. The Bertz CT molecular complexity index is 276. The normalized spacial score (nSPS) is 33.5. The van der Waals surface area contributed by atoms with Crippen molar-refractivity contribution in [1.82, 2.24) is 10.2 Å². The van der Waals surface area contributed by atoms with Crippen LogP contribution in [0.25, 0.3) is 0 Å². The Balaban J connectivity index is 1.86. The molecule has 4 heteroatoms. The van der Waals surface area contributed by atoms with Gasteiger partial charge in [-0.15, -0.1) is 0 Å². The highest BCUT2D eigenvalue weighted by Crippen LogP contribution is 2.33. The van der Waals surface area contributed by atoms with E-state index in [0.29, 0.717) is 6.04 Å². The molecule has 20 heavy (non-hydrogen) atoms. The van der Waals surface area contributed by atoms with Gasteiger partial charge in [-0.2, -0.15) is 0 Å². The van der Waals surface area contributed by atoms with E-state index in [1.54, 1.807) is 7.11 Å². The van der Waals surface area contributed by atoms with Crippen molar-refractivity contribution < 1.29 is 9.84 Å². The molecule has 2 fully saturated rings. The minimum Gasteiger partial charge on any atom is -0.394 e. The smallest absolute Gasteiger partial charge is 0.0613 e. The molecule has 1 saturated carbocycles. The first kappa shape index (κ1) is 16.2. The van der Waals surface area contributed by atoms with Crippen molar-refractivity contribution in [3.63, 3.8) is 0 Å². The van der Waals surface area contributed by atoms with Crippen molar-refractivity contribution in [2.45, 2.75) is 57.0 Å². The molecule has 0 aromatic heterocycles. The first-order chi connectivity index (χ1) is 9.73. The third-order valence-corrected chi connectivity index (χ3v) is 5.24. The zero-order chi connectivity index (χ0) is 14.4. The summed E-state index contributed by atoms with van der Waals surface area (Å²) >= 11 is 0. The number of likely N-dealkylation sites (tertiary alicyclic amines) is 1. The lowest BCUT2D eigenvalue weighted by atomic mass is 9.78. The molecule has 0 radical (unpaired) electrons. The Morgan fingerprint density at radius 2 is 2.05 bits per heavy atom. The van der Waals surface area contributed by atoms with Gasteiger partial charge in [0.05, 0.1) is 6.61 Å². The third-order valence-electron chi connectivity index (χ3n) is 5.24. The number of rotatable bonds is 6. The number of piperidine rings is 1. The quantitative estimate of drug-likeness (QED) is 0.778. The number of ether oxygens (including phenoxy) is 1. The van der Waals surface area contributed by atoms with Crippen molar-refractivity contribution in [2.75, 3.05) is 40.0 Å². The summed E-state index contributed by atoms with van der Waals surface area (Å²) in [5.41, 5.74) is -0.0267. The predicted octanol–water partition coefficient (Wildman–Crippen LogP) is 1.63.